The minimum atomic E-state index is 0.844. The van der Waals surface area contributed by atoms with Crippen LogP contribution in [0.1, 0.15) is 5.56 Å². The minimum Gasteiger partial charge on any atom is -0.128 e. The average Bonchev–Trinajstić information content (AvgIpc) is 2.30. The Hall–Kier alpha value is -0.0500. The van der Waals surface area contributed by atoms with Crippen molar-refractivity contribution in [1.82, 2.24) is 0 Å². The lowest BCUT2D eigenvalue weighted by atomic mass is 10.2. The molecule has 0 amide bonds. The number of aryl methyl sites for hydroxylation is 1. The second-order valence-electron chi connectivity index (χ2n) is 2.69. The van der Waals surface area contributed by atoms with Gasteiger partial charge < -0.3 is 0 Å². The van der Waals surface area contributed by atoms with Crippen molar-refractivity contribution in [2.45, 2.75) is 6.92 Å². The van der Waals surface area contributed by atoms with Gasteiger partial charge in [0.05, 0.1) is 3.79 Å². The van der Waals surface area contributed by atoms with Crippen molar-refractivity contribution >= 4 is 49.0 Å². The Morgan fingerprint density at radius 3 is 2.83 bits per heavy atom. The van der Waals surface area contributed by atoms with Crippen LogP contribution in [0.3, 0.4) is 0 Å². The molecule has 0 saturated heterocycles. The monoisotopic (exact) mass is 260 g/mol. The molecule has 3 heteroatoms. The van der Waals surface area contributed by atoms with E-state index in [1.165, 1.54) is 10.1 Å². The van der Waals surface area contributed by atoms with Crippen molar-refractivity contribution in [2.24, 2.45) is 0 Å². The normalized spacial score (nSPS) is 10.9. The third-order valence-electron chi connectivity index (χ3n) is 1.77. The Morgan fingerprint density at radius 2 is 2.08 bits per heavy atom. The van der Waals surface area contributed by atoms with E-state index < -0.39 is 0 Å². The number of fused-ring (bicyclic) bond motifs is 1. The van der Waals surface area contributed by atoms with Crippen LogP contribution in [0.5, 0.6) is 0 Å². The van der Waals surface area contributed by atoms with E-state index in [0.29, 0.717) is 0 Å². The zero-order valence-electron chi connectivity index (χ0n) is 6.40. The van der Waals surface area contributed by atoms with Crippen molar-refractivity contribution < 1.29 is 0 Å². The van der Waals surface area contributed by atoms with E-state index in [4.69, 9.17) is 11.6 Å². The number of rotatable bonds is 0. The van der Waals surface area contributed by atoms with Gasteiger partial charge in [0.1, 0.15) is 0 Å². The lowest BCUT2D eigenvalue weighted by Crippen LogP contribution is -1.72. The molecule has 0 aliphatic rings. The van der Waals surface area contributed by atoms with Gasteiger partial charge in [0.25, 0.3) is 0 Å². The van der Waals surface area contributed by atoms with E-state index in [0.717, 1.165) is 14.4 Å². The fourth-order valence-electron chi connectivity index (χ4n) is 1.14. The maximum Gasteiger partial charge on any atom is 0.0711 e. The van der Waals surface area contributed by atoms with Crippen LogP contribution < -0.4 is 0 Å². The van der Waals surface area contributed by atoms with Crippen LogP contribution in [0.25, 0.3) is 10.1 Å². The summed E-state index contributed by atoms with van der Waals surface area (Å²) in [5, 5.41) is 2.10. The summed E-state index contributed by atoms with van der Waals surface area (Å²) in [7, 11) is 0. The number of benzene rings is 1. The summed E-state index contributed by atoms with van der Waals surface area (Å²) in [5.41, 5.74) is 1.13. The summed E-state index contributed by atoms with van der Waals surface area (Å²) in [5.74, 6) is 0. The van der Waals surface area contributed by atoms with Crippen molar-refractivity contribution in [3.8, 4) is 0 Å². The van der Waals surface area contributed by atoms with Crippen LogP contribution in [-0.2, 0) is 0 Å². The molecule has 1 aromatic carbocycles. The molecule has 62 valence electrons. The Kier molecular flexibility index (Phi) is 2.15. The molecule has 2 rings (SSSR count). The second-order valence-corrected chi connectivity index (χ2v) is 5.56. The zero-order valence-corrected chi connectivity index (χ0v) is 9.55. The van der Waals surface area contributed by atoms with E-state index in [9.17, 15) is 0 Å². The van der Waals surface area contributed by atoms with Gasteiger partial charge in [0.15, 0.2) is 0 Å². The van der Waals surface area contributed by atoms with Gasteiger partial charge in [0.2, 0.25) is 0 Å². The number of hydrogen-bond donors (Lipinski definition) is 0. The van der Waals surface area contributed by atoms with Crippen molar-refractivity contribution in [2.75, 3.05) is 0 Å². The van der Waals surface area contributed by atoms with E-state index in [-0.39, 0.29) is 0 Å². The molecule has 0 bridgehead atoms. The zero-order chi connectivity index (χ0) is 8.72. The molecule has 0 fully saturated rings. The third-order valence-corrected chi connectivity index (χ3v) is 3.78. The van der Waals surface area contributed by atoms with Crippen LogP contribution in [-0.4, -0.2) is 0 Å². The van der Waals surface area contributed by atoms with Gasteiger partial charge in [-0.15, -0.1) is 11.3 Å². The van der Waals surface area contributed by atoms with Gasteiger partial charge in [-0.25, -0.2) is 0 Å². The molecule has 0 atom stereocenters. The molecule has 12 heavy (non-hydrogen) atoms. The lowest BCUT2D eigenvalue weighted by molar-refractivity contribution is 1.51. The Bertz CT molecular complexity index is 394. The number of hydrogen-bond acceptors (Lipinski definition) is 1. The average molecular weight is 262 g/mol. The maximum absolute atomic E-state index is 5.99. The summed E-state index contributed by atoms with van der Waals surface area (Å²) < 4.78 is 2.39. The first kappa shape index (κ1) is 8.54. The lowest BCUT2D eigenvalue weighted by Gasteiger charge is -1.95. The molecule has 0 saturated carbocycles. The highest BCUT2D eigenvalue weighted by Crippen LogP contribution is 2.32. The molecule has 0 radical (unpaired) electrons. The standard InChI is InChI=1S/C9H6BrClS/c1-5-2-6-3-9(10)12-8(6)4-7(5)11/h2-4H,1H3. The van der Waals surface area contributed by atoms with E-state index in [1.54, 1.807) is 11.3 Å². The molecule has 0 spiro atoms. The van der Waals surface area contributed by atoms with Gasteiger partial charge in [-0.05, 0) is 52.0 Å². The number of thiophene rings is 1. The van der Waals surface area contributed by atoms with Crippen molar-refractivity contribution in [1.29, 1.82) is 0 Å². The minimum absolute atomic E-state index is 0.844. The smallest absolute Gasteiger partial charge is 0.0711 e. The highest BCUT2D eigenvalue weighted by atomic mass is 79.9. The molecular formula is C9H6BrClS. The van der Waals surface area contributed by atoms with Crippen molar-refractivity contribution in [3.63, 3.8) is 0 Å². The predicted molar refractivity (Wildman–Crippen MR) is 59.3 cm³/mol. The SMILES string of the molecule is Cc1cc2cc(Br)sc2cc1Cl. The largest absolute Gasteiger partial charge is 0.128 e. The molecule has 0 unspecified atom stereocenters. The summed E-state index contributed by atoms with van der Waals surface area (Å²) in [6.45, 7) is 2.02. The van der Waals surface area contributed by atoms with Gasteiger partial charge in [-0.2, -0.15) is 0 Å². The van der Waals surface area contributed by atoms with E-state index in [2.05, 4.69) is 28.1 Å². The number of halogens is 2. The fraction of sp³-hybridized carbons (Fsp3) is 0.111. The molecule has 0 aliphatic carbocycles. The van der Waals surface area contributed by atoms with Crippen LogP contribution >= 0.6 is 38.9 Å². The van der Waals surface area contributed by atoms with Gasteiger partial charge in [-0.3, -0.25) is 0 Å². The highest BCUT2D eigenvalue weighted by molar-refractivity contribution is 9.11. The van der Waals surface area contributed by atoms with Gasteiger partial charge >= 0.3 is 0 Å². The fourth-order valence-corrected chi connectivity index (χ4v) is 2.95. The molecule has 0 nitrogen and oxygen atoms in total. The first-order chi connectivity index (χ1) is 5.66. The molecule has 1 heterocycles. The molecule has 0 N–H and O–H groups in total. The molecule has 0 aliphatic heterocycles. The second kappa shape index (κ2) is 3.02. The van der Waals surface area contributed by atoms with E-state index >= 15 is 0 Å². The van der Waals surface area contributed by atoms with Crippen molar-refractivity contribution in [3.05, 3.63) is 32.6 Å². The third kappa shape index (κ3) is 1.39. The summed E-state index contributed by atoms with van der Waals surface area (Å²) >= 11 is 11.1. The Labute approximate surface area is 88.3 Å². The first-order valence-corrected chi connectivity index (χ1v) is 5.51. The van der Waals surface area contributed by atoms with Crippen LogP contribution in [0.15, 0.2) is 22.0 Å². The van der Waals surface area contributed by atoms with Crippen LogP contribution in [0.2, 0.25) is 5.02 Å². The Morgan fingerprint density at radius 1 is 1.33 bits per heavy atom. The highest BCUT2D eigenvalue weighted by Gasteiger charge is 2.02. The Balaban J connectivity index is 2.83. The van der Waals surface area contributed by atoms with Gasteiger partial charge in [0, 0.05) is 9.72 Å². The van der Waals surface area contributed by atoms with Crippen LogP contribution in [0.4, 0.5) is 0 Å². The summed E-state index contributed by atoms with van der Waals surface area (Å²) in [6, 6.07) is 6.24. The predicted octanol–water partition coefficient (Wildman–Crippen LogP) is 4.63. The molecule has 2 aromatic rings. The first-order valence-electron chi connectivity index (χ1n) is 3.52. The summed E-state index contributed by atoms with van der Waals surface area (Å²) in [6.07, 6.45) is 0. The quantitative estimate of drug-likeness (QED) is 0.649. The van der Waals surface area contributed by atoms with Crippen LogP contribution in [0, 0.1) is 6.92 Å². The maximum atomic E-state index is 5.99. The summed E-state index contributed by atoms with van der Waals surface area (Å²) in [4.78, 5) is 0. The molecule has 1 aromatic heterocycles. The van der Waals surface area contributed by atoms with Gasteiger partial charge in [-0.1, -0.05) is 11.6 Å². The topological polar surface area (TPSA) is 0 Å². The molecular weight excluding hydrogens is 256 g/mol. The van der Waals surface area contributed by atoms with E-state index in [1.807, 2.05) is 13.0 Å².